The van der Waals surface area contributed by atoms with Gasteiger partial charge < -0.3 is 10.1 Å². The second kappa shape index (κ2) is 5.72. The first kappa shape index (κ1) is 12.6. The molecule has 2 heterocycles. The molecule has 1 aliphatic rings. The van der Waals surface area contributed by atoms with E-state index in [9.17, 15) is 0 Å². The molecule has 0 amide bonds. The summed E-state index contributed by atoms with van der Waals surface area (Å²) in [5, 5.41) is 6.84. The molecule has 3 rings (SSSR count). The summed E-state index contributed by atoms with van der Waals surface area (Å²) in [6.45, 7) is 1.12. The van der Waals surface area contributed by atoms with Gasteiger partial charge in [-0.05, 0) is 25.5 Å². The predicted octanol–water partition coefficient (Wildman–Crippen LogP) is 3.17. The summed E-state index contributed by atoms with van der Waals surface area (Å²) in [5.41, 5.74) is 2.40. The molecule has 1 fully saturated rings. The van der Waals surface area contributed by atoms with Crippen molar-refractivity contribution in [1.29, 1.82) is 0 Å². The van der Waals surface area contributed by atoms with Crippen molar-refractivity contribution in [2.75, 3.05) is 13.7 Å². The van der Waals surface area contributed by atoms with Gasteiger partial charge in [0, 0.05) is 17.4 Å². The molecule has 1 saturated heterocycles. The van der Waals surface area contributed by atoms with Crippen LogP contribution < -0.4 is 10.1 Å². The molecule has 1 aliphatic heterocycles. The van der Waals surface area contributed by atoms with Gasteiger partial charge in [0.1, 0.15) is 5.75 Å². The molecule has 100 valence electrons. The molecule has 0 unspecified atom stereocenters. The van der Waals surface area contributed by atoms with Gasteiger partial charge in [-0.2, -0.15) is 0 Å². The maximum absolute atomic E-state index is 5.39. The summed E-state index contributed by atoms with van der Waals surface area (Å²) in [5.74, 6) is 0.943. The molecule has 0 radical (unpaired) electrons. The highest BCUT2D eigenvalue weighted by Crippen LogP contribution is 2.27. The third kappa shape index (κ3) is 2.80. The van der Waals surface area contributed by atoms with E-state index in [0.717, 1.165) is 23.7 Å². The average Bonchev–Trinajstić information content (AvgIpc) is 3.09. The number of hydrogen-bond acceptors (Lipinski definition) is 4. The Morgan fingerprint density at radius 1 is 1.42 bits per heavy atom. The molecule has 2 aromatic rings. The number of rotatable bonds is 4. The lowest BCUT2D eigenvalue weighted by Crippen LogP contribution is -2.13. The second-order valence-corrected chi connectivity index (χ2v) is 5.75. The van der Waals surface area contributed by atoms with E-state index in [1.807, 2.05) is 18.2 Å². The summed E-state index contributed by atoms with van der Waals surface area (Å²) in [7, 11) is 1.72. The van der Waals surface area contributed by atoms with Crippen LogP contribution in [0.4, 0.5) is 0 Å². The van der Waals surface area contributed by atoms with E-state index in [4.69, 9.17) is 9.72 Å². The summed E-state index contributed by atoms with van der Waals surface area (Å²) in [4.78, 5) is 4.76. The number of methoxy groups -OCH3 is 1. The first-order chi connectivity index (χ1) is 9.36. The number of aromatic nitrogens is 1. The number of benzene rings is 1. The number of thiazole rings is 1. The topological polar surface area (TPSA) is 34.1 Å². The Bertz CT molecular complexity index is 547. The van der Waals surface area contributed by atoms with Crippen LogP contribution >= 0.6 is 11.3 Å². The zero-order chi connectivity index (χ0) is 13.1. The Labute approximate surface area is 117 Å². The molecule has 0 saturated carbocycles. The Kier molecular flexibility index (Phi) is 3.80. The number of para-hydroxylation sites is 1. The first-order valence-electron chi connectivity index (χ1n) is 6.66. The van der Waals surface area contributed by atoms with Crippen LogP contribution in [0.25, 0.3) is 0 Å². The molecule has 1 atom stereocenters. The maximum Gasteiger partial charge on any atom is 0.122 e. The fourth-order valence-corrected chi connectivity index (χ4v) is 3.39. The first-order valence-corrected chi connectivity index (χ1v) is 7.54. The van der Waals surface area contributed by atoms with Crippen LogP contribution in [0, 0.1) is 0 Å². The molecule has 19 heavy (non-hydrogen) atoms. The molecular weight excluding hydrogens is 256 g/mol. The molecule has 1 aromatic heterocycles. The quantitative estimate of drug-likeness (QED) is 0.930. The van der Waals surface area contributed by atoms with Crippen molar-refractivity contribution in [3.8, 4) is 5.75 Å². The minimum atomic E-state index is 0.461. The maximum atomic E-state index is 5.39. The van der Waals surface area contributed by atoms with Crippen LogP contribution in [0.3, 0.4) is 0 Å². The van der Waals surface area contributed by atoms with Crippen LogP contribution in [0.1, 0.15) is 35.1 Å². The van der Waals surface area contributed by atoms with Crippen molar-refractivity contribution in [2.24, 2.45) is 0 Å². The van der Waals surface area contributed by atoms with Gasteiger partial charge in [0.2, 0.25) is 0 Å². The highest BCUT2D eigenvalue weighted by atomic mass is 32.1. The van der Waals surface area contributed by atoms with Gasteiger partial charge in [0.25, 0.3) is 0 Å². The standard InChI is InChI=1S/C15H18N2OS/c1-18-14-7-3-2-5-11(14)9-15-17-13(10-19-15)12-6-4-8-16-12/h2-3,5,7,10,12,16H,4,6,8-9H2,1H3/t12-/m0/s1. The van der Waals surface area contributed by atoms with E-state index < -0.39 is 0 Å². The molecule has 0 aliphatic carbocycles. The number of hydrogen-bond donors (Lipinski definition) is 1. The van der Waals surface area contributed by atoms with Crippen LogP contribution in [0.5, 0.6) is 5.75 Å². The number of nitrogens with one attached hydrogen (secondary N) is 1. The van der Waals surface area contributed by atoms with Gasteiger partial charge >= 0.3 is 0 Å². The van der Waals surface area contributed by atoms with Crippen LogP contribution in [0.2, 0.25) is 0 Å². The Morgan fingerprint density at radius 2 is 2.32 bits per heavy atom. The molecule has 0 spiro atoms. The smallest absolute Gasteiger partial charge is 0.122 e. The molecule has 0 bridgehead atoms. The Balaban J connectivity index is 1.76. The van der Waals surface area contributed by atoms with E-state index in [0.29, 0.717) is 6.04 Å². The van der Waals surface area contributed by atoms with Crippen LogP contribution in [0.15, 0.2) is 29.6 Å². The van der Waals surface area contributed by atoms with Gasteiger partial charge in [0.15, 0.2) is 0 Å². The normalized spacial score (nSPS) is 18.7. The van der Waals surface area contributed by atoms with Gasteiger partial charge in [-0.25, -0.2) is 4.98 Å². The predicted molar refractivity (Wildman–Crippen MR) is 77.9 cm³/mol. The van der Waals surface area contributed by atoms with Gasteiger partial charge in [-0.1, -0.05) is 18.2 Å². The molecular formula is C15H18N2OS. The Morgan fingerprint density at radius 3 is 3.11 bits per heavy atom. The van der Waals surface area contributed by atoms with Crippen molar-refractivity contribution >= 4 is 11.3 Å². The minimum absolute atomic E-state index is 0.461. The lowest BCUT2D eigenvalue weighted by molar-refractivity contribution is 0.410. The fourth-order valence-electron chi connectivity index (χ4n) is 2.52. The SMILES string of the molecule is COc1ccccc1Cc1nc([C@@H]2CCCN2)cs1. The van der Waals surface area contributed by atoms with Gasteiger partial charge in [-0.15, -0.1) is 11.3 Å². The van der Waals surface area contributed by atoms with Crippen molar-refractivity contribution in [3.63, 3.8) is 0 Å². The lowest BCUT2D eigenvalue weighted by atomic mass is 10.1. The zero-order valence-electron chi connectivity index (χ0n) is 11.1. The van der Waals surface area contributed by atoms with Gasteiger partial charge in [-0.3, -0.25) is 0 Å². The summed E-state index contributed by atoms with van der Waals surface area (Å²) in [6, 6.07) is 8.61. The highest BCUT2D eigenvalue weighted by molar-refractivity contribution is 7.09. The van der Waals surface area contributed by atoms with Crippen molar-refractivity contribution in [3.05, 3.63) is 45.9 Å². The van der Waals surface area contributed by atoms with Crippen molar-refractivity contribution < 1.29 is 4.74 Å². The fraction of sp³-hybridized carbons (Fsp3) is 0.400. The van der Waals surface area contributed by atoms with E-state index in [-0.39, 0.29) is 0 Å². The van der Waals surface area contributed by atoms with E-state index in [2.05, 4.69) is 16.8 Å². The highest BCUT2D eigenvalue weighted by Gasteiger charge is 2.19. The van der Waals surface area contributed by atoms with Crippen molar-refractivity contribution in [2.45, 2.75) is 25.3 Å². The third-order valence-corrected chi connectivity index (χ3v) is 4.39. The minimum Gasteiger partial charge on any atom is -0.496 e. The lowest BCUT2D eigenvalue weighted by Gasteiger charge is -2.07. The number of ether oxygens (including phenoxy) is 1. The second-order valence-electron chi connectivity index (χ2n) is 4.80. The largest absolute Gasteiger partial charge is 0.496 e. The van der Waals surface area contributed by atoms with Crippen molar-refractivity contribution in [1.82, 2.24) is 10.3 Å². The van der Waals surface area contributed by atoms with Gasteiger partial charge in [0.05, 0.1) is 23.9 Å². The van der Waals surface area contributed by atoms with Crippen LogP contribution in [-0.2, 0) is 6.42 Å². The third-order valence-electron chi connectivity index (χ3n) is 3.52. The van der Waals surface area contributed by atoms with Crippen LogP contribution in [-0.4, -0.2) is 18.6 Å². The van der Waals surface area contributed by atoms with E-state index in [1.54, 1.807) is 18.4 Å². The van der Waals surface area contributed by atoms with E-state index in [1.165, 1.54) is 24.1 Å². The molecule has 3 nitrogen and oxygen atoms in total. The monoisotopic (exact) mass is 274 g/mol. The number of nitrogens with zero attached hydrogens (tertiary/aromatic N) is 1. The summed E-state index contributed by atoms with van der Waals surface area (Å²) < 4.78 is 5.39. The molecule has 1 aromatic carbocycles. The summed E-state index contributed by atoms with van der Waals surface area (Å²) >= 11 is 1.74. The zero-order valence-corrected chi connectivity index (χ0v) is 11.9. The Hall–Kier alpha value is -1.39. The molecule has 4 heteroatoms. The molecule has 1 N–H and O–H groups in total. The van der Waals surface area contributed by atoms with E-state index >= 15 is 0 Å². The summed E-state index contributed by atoms with van der Waals surface area (Å²) in [6.07, 6.45) is 3.31. The average molecular weight is 274 g/mol.